The summed E-state index contributed by atoms with van der Waals surface area (Å²) in [5.41, 5.74) is 1.94. The molecule has 0 fully saturated rings. The highest BCUT2D eigenvalue weighted by Gasteiger charge is 2.01. The molecule has 88 valence electrons. The van der Waals surface area contributed by atoms with Gasteiger partial charge in [-0.3, -0.25) is 0 Å². The molecule has 0 aliphatic rings. The maximum absolute atomic E-state index is 5.28. The first-order chi connectivity index (χ1) is 8.33. The van der Waals surface area contributed by atoms with Crippen molar-refractivity contribution in [3.63, 3.8) is 0 Å². The van der Waals surface area contributed by atoms with Crippen LogP contribution in [0.5, 0.6) is 11.5 Å². The molecular weight excluding hydrogens is 214 g/mol. The zero-order chi connectivity index (χ0) is 12.1. The summed E-state index contributed by atoms with van der Waals surface area (Å²) in [7, 11) is 3.32. The van der Waals surface area contributed by atoms with Crippen molar-refractivity contribution in [3.8, 4) is 11.5 Å². The molecule has 0 aromatic heterocycles. The van der Waals surface area contributed by atoms with Crippen LogP contribution >= 0.6 is 0 Å². The third kappa shape index (κ3) is 2.69. The minimum Gasteiger partial charge on any atom is -0.497 e. The minimum absolute atomic E-state index is 0.823. The second kappa shape index (κ2) is 5.25. The predicted octanol–water partition coefficient (Wildman–Crippen LogP) is 3.45. The predicted molar refractivity (Wildman–Crippen MR) is 69.3 cm³/mol. The van der Waals surface area contributed by atoms with Gasteiger partial charge in [-0.1, -0.05) is 12.1 Å². The molecule has 0 unspecified atom stereocenters. The Morgan fingerprint density at radius 2 is 1.53 bits per heavy atom. The standard InChI is InChI=1S/C14H15NO2/c1-16-12-9-7-11(8-10-12)15-13-5-3-4-6-14(13)17-2/h3-10,15H,1-2H3. The number of anilines is 2. The molecule has 3 nitrogen and oxygen atoms in total. The topological polar surface area (TPSA) is 30.5 Å². The number of hydrogen-bond donors (Lipinski definition) is 1. The van der Waals surface area contributed by atoms with Crippen LogP contribution in [0.15, 0.2) is 48.5 Å². The monoisotopic (exact) mass is 229 g/mol. The maximum atomic E-state index is 5.28. The molecule has 0 saturated carbocycles. The van der Waals surface area contributed by atoms with Gasteiger partial charge in [-0.25, -0.2) is 0 Å². The van der Waals surface area contributed by atoms with Gasteiger partial charge in [0.2, 0.25) is 0 Å². The van der Waals surface area contributed by atoms with Crippen molar-refractivity contribution >= 4 is 11.4 Å². The largest absolute Gasteiger partial charge is 0.497 e. The van der Waals surface area contributed by atoms with Crippen molar-refractivity contribution in [1.29, 1.82) is 0 Å². The Morgan fingerprint density at radius 1 is 0.824 bits per heavy atom. The van der Waals surface area contributed by atoms with Crippen molar-refractivity contribution in [3.05, 3.63) is 48.5 Å². The van der Waals surface area contributed by atoms with Gasteiger partial charge in [0.05, 0.1) is 19.9 Å². The van der Waals surface area contributed by atoms with E-state index >= 15 is 0 Å². The number of benzene rings is 2. The molecule has 0 atom stereocenters. The lowest BCUT2D eigenvalue weighted by Gasteiger charge is -2.11. The molecule has 0 bridgehead atoms. The van der Waals surface area contributed by atoms with Gasteiger partial charge in [0.25, 0.3) is 0 Å². The number of ether oxygens (including phenoxy) is 2. The van der Waals surface area contributed by atoms with Crippen molar-refractivity contribution in [2.45, 2.75) is 0 Å². The van der Waals surface area contributed by atoms with Gasteiger partial charge in [-0.2, -0.15) is 0 Å². The molecule has 0 saturated heterocycles. The van der Waals surface area contributed by atoms with Crippen LogP contribution in [0.2, 0.25) is 0 Å². The van der Waals surface area contributed by atoms with Crippen LogP contribution < -0.4 is 14.8 Å². The molecule has 0 aliphatic heterocycles. The Hall–Kier alpha value is -2.16. The van der Waals surface area contributed by atoms with Crippen LogP contribution in [0.1, 0.15) is 0 Å². The van der Waals surface area contributed by atoms with Crippen LogP contribution in [-0.4, -0.2) is 14.2 Å². The second-order valence-corrected chi connectivity index (χ2v) is 3.55. The summed E-state index contributed by atoms with van der Waals surface area (Å²) in [6, 6.07) is 15.6. The van der Waals surface area contributed by atoms with Gasteiger partial charge in [-0.05, 0) is 36.4 Å². The van der Waals surface area contributed by atoms with E-state index in [1.54, 1.807) is 14.2 Å². The molecule has 17 heavy (non-hydrogen) atoms. The van der Waals surface area contributed by atoms with E-state index in [2.05, 4.69) is 5.32 Å². The van der Waals surface area contributed by atoms with Crippen molar-refractivity contribution < 1.29 is 9.47 Å². The fourth-order valence-corrected chi connectivity index (χ4v) is 1.58. The maximum Gasteiger partial charge on any atom is 0.142 e. The van der Waals surface area contributed by atoms with Gasteiger partial charge < -0.3 is 14.8 Å². The van der Waals surface area contributed by atoms with Gasteiger partial charge in [0.1, 0.15) is 11.5 Å². The summed E-state index contributed by atoms with van der Waals surface area (Å²) in [6.45, 7) is 0. The number of rotatable bonds is 4. The smallest absolute Gasteiger partial charge is 0.142 e. The van der Waals surface area contributed by atoms with Crippen LogP contribution in [0.4, 0.5) is 11.4 Å². The summed E-state index contributed by atoms with van der Waals surface area (Å²) in [5.74, 6) is 1.67. The highest BCUT2D eigenvalue weighted by atomic mass is 16.5. The molecule has 2 aromatic carbocycles. The minimum atomic E-state index is 0.823. The van der Waals surface area contributed by atoms with Gasteiger partial charge in [-0.15, -0.1) is 0 Å². The zero-order valence-electron chi connectivity index (χ0n) is 9.94. The van der Waals surface area contributed by atoms with Gasteiger partial charge in [0.15, 0.2) is 0 Å². The SMILES string of the molecule is COc1ccc(Nc2ccccc2OC)cc1. The van der Waals surface area contributed by atoms with E-state index in [1.807, 2.05) is 48.5 Å². The highest BCUT2D eigenvalue weighted by Crippen LogP contribution is 2.27. The number of hydrogen-bond acceptors (Lipinski definition) is 3. The summed E-state index contributed by atoms with van der Waals surface area (Å²) < 4.78 is 10.4. The summed E-state index contributed by atoms with van der Waals surface area (Å²) in [5, 5.41) is 3.29. The Kier molecular flexibility index (Phi) is 3.50. The van der Waals surface area contributed by atoms with Crippen LogP contribution in [0.25, 0.3) is 0 Å². The van der Waals surface area contributed by atoms with E-state index < -0.39 is 0 Å². The van der Waals surface area contributed by atoms with E-state index in [-0.39, 0.29) is 0 Å². The summed E-state index contributed by atoms with van der Waals surface area (Å²) in [4.78, 5) is 0. The lowest BCUT2D eigenvalue weighted by Crippen LogP contribution is -1.94. The highest BCUT2D eigenvalue weighted by molar-refractivity contribution is 5.66. The van der Waals surface area contributed by atoms with Crippen LogP contribution in [0, 0.1) is 0 Å². The van der Waals surface area contributed by atoms with E-state index in [0.717, 1.165) is 22.9 Å². The quantitative estimate of drug-likeness (QED) is 0.871. The molecular formula is C14H15NO2. The molecule has 2 aromatic rings. The Morgan fingerprint density at radius 3 is 2.18 bits per heavy atom. The lowest BCUT2D eigenvalue weighted by atomic mass is 10.2. The van der Waals surface area contributed by atoms with Gasteiger partial charge in [0, 0.05) is 5.69 Å². The first-order valence-corrected chi connectivity index (χ1v) is 5.37. The molecule has 0 radical (unpaired) electrons. The average Bonchev–Trinajstić information content (AvgIpc) is 2.40. The molecule has 0 spiro atoms. The van der Waals surface area contributed by atoms with Crippen LogP contribution in [0.3, 0.4) is 0 Å². The molecule has 0 amide bonds. The molecule has 0 heterocycles. The average molecular weight is 229 g/mol. The fourth-order valence-electron chi connectivity index (χ4n) is 1.58. The Labute approximate surface area is 101 Å². The van der Waals surface area contributed by atoms with Crippen molar-refractivity contribution in [2.75, 3.05) is 19.5 Å². The third-order valence-electron chi connectivity index (χ3n) is 2.48. The first-order valence-electron chi connectivity index (χ1n) is 5.37. The summed E-state index contributed by atoms with van der Waals surface area (Å²) in [6.07, 6.45) is 0. The van der Waals surface area contributed by atoms with E-state index in [9.17, 15) is 0 Å². The lowest BCUT2D eigenvalue weighted by molar-refractivity contribution is 0.415. The fraction of sp³-hybridized carbons (Fsp3) is 0.143. The molecule has 2 rings (SSSR count). The second-order valence-electron chi connectivity index (χ2n) is 3.55. The van der Waals surface area contributed by atoms with Crippen molar-refractivity contribution in [2.24, 2.45) is 0 Å². The molecule has 1 N–H and O–H groups in total. The molecule has 3 heteroatoms. The Bertz CT molecular complexity index is 480. The number of methoxy groups -OCH3 is 2. The third-order valence-corrected chi connectivity index (χ3v) is 2.48. The van der Waals surface area contributed by atoms with E-state index in [0.29, 0.717) is 0 Å². The number of nitrogens with one attached hydrogen (secondary N) is 1. The summed E-state index contributed by atoms with van der Waals surface area (Å²) >= 11 is 0. The number of para-hydroxylation sites is 2. The molecule has 0 aliphatic carbocycles. The Balaban J connectivity index is 2.19. The van der Waals surface area contributed by atoms with E-state index in [4.69, 9.17) is 9.47 Å². The van der Waals surface area contributed by atoms with Gasteiger partial charge >= 0.3 is 0 Å². The normalized spacial score (nSPS) is 9.76. The first kappa shape index (κ1) is 11.3. The van der Waals surface area contributed by atoms with E-state index in [1.165, 1.54) is 0 Å². The zero-order valence-corrected chi connectivity index (χ0v) is 9.94. The van der Waals surface area contributed by atoms with Crippen LogP contribution in [-0.2, 0) is 0 Å². The van der Waals surface area contributed by atoms with Crippen molar-refractivity contribution in [1.82, 2.24) is 0 Å².